The van der Waals surface area contributed by atoms with Gasteiger partial charge in [-0.2, -0.15) is 9.61 Å². The van der Waals surface area contributed by atoms with Gasteiger partial charge < -0.3 is 5.73 Å². The van der Waals surface area contributed by atoms with Crippen LogP contribution < -0.4 is 5.73 Å². The van der Waals surface area contributed by atoms with E-state index in [1.165, 1.54) is 6.42 Å². The van der Waals surface area contributed by atoms with Gasteiger partial charge in [-0.25, -0.2) is 0 Å². The van der Waals surface area contributed by atoms with Gasteiger partial charge in [-0.3, -0.25) is 0 Å². The van der Waals surface area contributed by atoms with Crippen molar-refractivity contribution < 1.29 is 0 Å². The SMILES string of the molecule is Cc1ccc2nnc(C3CCCC(N)C3)n2n1. The predicted molar refractivity (Wildman–Crippen MR) is 64.7 cm³/mol. The topological polar surface area (TPSA) is 69.1 Å². The maximum atomic E-state index is 6.03. The molecule has 2 atom stereocenters. The largest absolute Gasteiger partial charge is 0.328 e. The quantitative estimate of drug-likeness (QED) is 0.805. The zero-order valence-electron chi connectivity index (χ0n) is 10.0. The second-order valence-electron chi connectivity index (χ2n) is 4.93. The lowest BCUT2D eigenvalue weighted by Gasteiger charge is -2.24. The van der Waals surface area contributed by atoms with Crippen LogP contribution in [0.25, 0.3) is 5.65 Å². The lowest BCUT2D eigenvalue weighted by molar-refractivity contribution is 0.378. The minimum Gasteiger partial charge on any atom is -0.328 e. The van der Waals surface area contributed by atoms with Gasteiger partial charge in [-0.05, 0) is 38.3 Å². The molecule has 0 aliphatic heterocycles. The number of nitrogens with zero attached hydrogens (tertiary/aromatic N) is 4. The van der Waals surface area contributed by atoms with Crippen LogP contribution >= 0.6 is 0 Å². The van der Waals surface area contributed by atoms with Crippen LogP contribution in [0.1, 0.15) is 43.1 Å². The van der Waals surface area contributed by atoms with Crippen molar-refractivity contribution in [3.63, 3.8) is 0 Å². The molecule has 17 heavy (non-hydrogen) atoms. The van der Waals surface area contributed by atoms with Crippen LogP contribution in [0, 0.1) is 6.92 Å². The van der Waals surface area contributed by atoms with E-state index in [9.17, 15) is 0 Å². The van der Waals surface area contributed by atoms with E-state index in [-0.39, 0.29) is 0 Å². The van der Waals surface area contributed by atoms with Gasteiger partial charge in [0.15, 0.2) is 11.5 Å². The molecule has 2 aromatic heterocycles. The molecule has 2 heterocycles. The Bertz CT molecular complexity index is 533. The summed E-state index contributed by atoms with van der Waals surface area (Å²) >= 11 is 0. The van der Waals surface area contributed by atoms with Gasteiger partial charge in [0.25, 0.3) is 0 Å². The number of aromatic nitrogens is 4. The van der Waals surface area contributed by atoms with Gasteiger partial charge in [0.05, 0.1) is 5.69 Å². The Labute approximate surface area is 100 Å². The molecule has 5 heteroatoms. The molecule has 3 rings (SSSR count). The van der Waals surface area contributed by atoms with Crippen LogP contribution in [0.4, 0.5) is 0 Å². The summed E-state index contributed by atoms with van der Waals surface area (Å²) in [5.74, 6) is 1.38. The number of hydrogen-bond acceptors (Lipinski definition) is 4. The summed E-state index contributed by atoms with van der Waals surface area (Å²) < 4.78 is 1.87. The summed E-state index contributed by atoms with van der Waals surface area (Å²) in [6, 6.07) is 4.22. The van der Waals surface area contributed by atoms with Crippen molar-refractivity contribution in [2.45, 2.75) is 44.6 Å². The van der Waals surface area contributed by atoms with Crippen LogP contribution in [0.15, 0.2) is 12.1 Å². The molecule has 0 aromatic carbocycles. The summed E-state index contributed by atoms with van der Waals surface area (Å²) in [6.45, 7) is 1.98. The van der Waals surface area contributed by atoms with Gasteiger partial charge >= 0.3 is 0 Å². The number of nitrogens with two attached hydrogens (primary N) is 1. The molecule has 2 unspecified atom stereocenters. The summed E-state index contributed by atoms with van der Waals surface area (Å²) in [6.07, 6.45) is 4.44. The Morgan fingerprint density at radius 1 is 1.29 bits per heavy atom. The van der Waals surface area contributed by atoms with Crippen LogP contribution in [-0.2, 0) is 0 Å². The summed E-state index contributed by atoms with van der Waals surface area (Å²) in [4.78, 5) is 0. The standard InChI is InChI=1S/C12H17N5/c1-8-5-6-11-14-15-12(17(11)16-8)9-3-2-4-10(13)7-9/h5-6,9-10H,2-4,7,13H2,1H3. The highest BCUT2D eigenvalue weighted by Crippen LogP contribution is 2.30. The Hall–Kier alpha value is -1.49. The fraction of sp³-hybridized carbons (Fsp3) is 0.583. The molecule has 0 saturated heterocycles. The molecule has 0 bridgehead atoms. The third-order valence-corrected chi connectivity index (χ3v) is 3.50. The van der Waals surface area contributed by atoms with Crippen LogP contribution in [0.3, 0.4) is 0 Å². The molecule has 0 radical (unpaired) electrons. The average molecular weight is 231 g/mol. The minimum atomic E-state index is 0.297. The number of aryl methyl sites for hydroxylation is 1. The summed E-state index contributed by atoms with van der Waals surface area (Å²) in [5, 5.41) is 12.9. The predicted octanol–water partition coefficient (Wildman–Crippen LogP) is 1.42. The van der Waals surface area contributed by atoms with Crippen molar-refractivity contribution in [1.29, 1.82) is 0 Å². The molecular formula is C12H17N5. The fourth-order valence-corrected chi connectivity index (χ4v) is 2.61. The van der Waals surface area contributed by atoms with Crippen LogP contribution in [-0.4, -0.2) is 25.9 Å². The van der Waals surface area contributed by atoms with Crippen LogP contribution in [0.2, 0.25) is 0 Å². The molecule has 5 nitrogen and oxygen atoms in total. The van der Waals surface area contributed by atoms with Crippen molar-refractivity contribution in [2.75, 3.05) is 0 Å². The normalized spacial score (nSPS) is 25.3. The molecule has 2 aromatic rings. The van der Waals surface area contributed by atoms with Crippen molar-refractivity contribution in [3.8, 4) is 0 Å². The maximum Gasteiger partial charge on any atom is 0.177 e. The molecule has 1 aliphatic carbocycles. The first kappa shape index (κ1) is 10.7. The van der Waals surface area contributed by atoms with Gasteiger partial charge in [-0.15, -0.1) is 10.2 Å². The van der Waals surface area contributed by atoms with E-state index in [4.69, 9.17) is 5.73 Å². The van der Waals surface area contributed by atoms with E-state index in [2.05, 4.69) is 15.3 Å². The molecule has 1 fully saturated rings. The Kier molecular flexibility index (Phi) is 2.55. The molecule has 1 saturated carbocycles. The van der Waals surface area contributed by atoms with E-state index in [1.807, 2.05) is 23.6 Å². The van der Waals surface area contributed by atoms with Gasteiger partial charge in [-0.1, -0.05) is 6.42 Å². The highest BCUT2D eigenvalue weighted by molar-refractivity contribution is 5.36. The summed E-state index contributed by atoms with van der Waals surface area (Å²) in [7, 11) is 0. The lowest BCUT2D eigenvalue weighted by Crippen LogP contribution is -2.27. The minimum absolute atomic E-state index is 0.297. The maximum absolute atomic E-state index is 6.03. The van der Waals surface area contributed by atoms with E-state index >= 15 is 0 Å². The highest BCUT2D eigenvalue weighted by Gasteiger charge is 2.25. The van der Waals surface area contributed by atoms with Gasteiger partial charge in [0.1, 0.15) is 0 Å². The van der Waals surface area contributed by atoms with E-state index < -0.39 is 0 Å². The lowest BCUT2D eigenvalue weighted by atomic mass is 9.86. The molecule has 0 spiro atoms. The molecule has 90 valence electrons. The Balaban J connectivity index is 2.01. The number of hydrogen-bond donors (Lipinski definition) is 1. The second-order valence-corrected chi connectivity index (χ2v) is 4.93. The second kappa shape index (κ2) is 4.07. The molecular weight excluding hydrogens is 214 g/mol. The first-order chi connectivity index (χ1) is 8.24. The van der Waals surface area contributed by atoms with Crippen molar-refractivity contribution >= 4 is 5.65 Å². The zero-order chi connectivity index (χ0) is 11.8. The Morgan fingerprint density at radius 2 is 2.18 bits per heavy atom. The van der Waals surface area contributed by atoms with Crippen LogP contribution in [0.5, 0.6) is 0 Å². The zero-order valence-corrected chi connectivity index (χ0v) is 10.0. The van der Waals surface area contributed by atoms with Gasteiger partial charge in [0.2, 0.25) is 0 Å². The molecule has 2 N–H and O–H groups in total. The average Bonchev–Trinajstić information content (AvgIpc) is 2.71. The smallest absolute Gasteiger partial charge is 0.177 e. The monoisotopic (exact) mass is 231 g/mol. The van der Waals surface area contributed by atoms with Crippen molar-refractivity contribution in [1.82, 2.24) is 19.8 Å². The van der Waals surface area contributed by atoms with Crippen molar-refractivity contribution in [3.05, 3.63) is 23.7 Å². The molecule has 1 aliphatic rings. The number of rotatable bonds is 1. The van der Waals surface area contributed by atoms with E-state index in [0.717, 1.165) is 36.4 Å². The Morgan fingerprint density at radius 3 is 3.00 bits per heavy atom. The first-order valence-corrected chi connectivity index (χ1v) is 6.18. The third-order valence-electron chi connectivity index (χ3n) is 3.50. The summed E-state index contributed by atoms with van der Waals surface area (Å²) in [5.41, 5.74) is 7.84. The molecule has 0 amide bonds. The van der Waals surface area contributed by atoms with Gasteiger partial charge in [0, 0.05) is 12.0 Å². The van der Waals surface area contributed by atoms with E-state index in [0.29, 0.717) is 12.0 Å². The third kappa shape index (κ3) is 1.91. The fourth-order valence-electron chi connectivity index (χ4n) is 2.61. The first-order valence-electron chi connectivity index (χ1n) is 6.18. The highest BCUT2D eigenvalue weighted by atomic mass is 15.4. The van der Waals surface area contributed by atoms with Crippen molar-refractivity contribution in [2.24, 2.45) is 5.73 Å². The van der Waals surface area contributed by atoms with E-state index in [1.54, 1.807) is 0 Å². The number of fused-ring (bicyclic) bond motifs is 1.